The van der Waals surface area contributed by atoms with Crippen LogP contribution in [0.15, 0.2) is 42.7 Å². The van der Waals surface area contributed by atoms with Crippen molar-refractivity contribution in [2.24, 2.45) is 0 Å². The van der Waals surface area contributed by atoms with Gasteiger partial charge in [0.1, 0.15) is 0 Å². The Kier molecular flexibility index (Phi) is 4.69. The van der Waals surface area contributed by atoms with Gasteiger partial charge in [-0.25, -0.2) is 14.8 Å². The maximum absolute atomic E-state index is 12.3. The summed E-state index contributed by atoms with van der Waals surface area (Å²) < 4.78 is 0. The molecule has 0 bridgehead atoms. The van der Waals surface area contributed by atoms with Gasteiger partial charge in [-0.05, 0) is 43.2 Å². The zero-order chi connectivity index (χ0) is 16.9. The number of piperidine rings is 1. The highest BCUT2D eigenvalue weighted by Crippen LogP contribution is 2.16. The molecule has 7 heteroatoms. The Morgan fingerprint density at radius 3 is 2.46 bits per heavy atom. The summed E-state index contributed by atoms with van der Waals surface area (Å²) in [5, 5.41) is 11.9. The molecular formula is C17H18N4O3. The molecule has 1 aliphatic heterocycles. The molecule has 0 unspecified atom stereocenters. The molecule has 1 aliphatic rings. The summed E-state index contributed by atoms with van der Waals surface area (Å²) in [5.41, 5.74) is 0.615. The van der Waals surface area contributed by atoms with Crippen molar-refractivity contribution in [2.75, 3.05) is 18.0 Å². The van der Waals surface area contributed by atoms with Gasteiger partial charge < -0.3 is 15.3 Å². The van der Waals surface area contributed by atoms with Crippen molar-refractivity contribution >= 4 is 17.8 Å². The van der Waals surface area contributed by atoms with E-state index >= 15 is 0 Å². The van der Waals surface area contributed by atoms with Gasteiger partial charge in [-0.15, -0.1) is 0 Å². The number of nitrogens with zero attached hydrogens (tertiary/aromatic N) is 3. The summed E-state index contributed by atoms with van der Waals surface area (Å²) in [4.78, 5) is 33.7. The number of carboxylic acid groups (broad SMARTS) is 1. The van der Waals surface area contributed by atoms with Gasteiger partial charge in [-0.3, -0.25) is 4.79 Å². The Bertz CT molecular complexity index is 718. The lowest BCUT2D eigenvalue weighted by molar-refractivity contribution is 0.0696. The molecule has 0 saturated carbocycles. The number of nitrogens with one attached hydrogen (secondary N) is 1. The molecule has 24 heavy (non-hydrogen) atoms. The molecule has 2 heterocycles. The topological polar surface area (TPSA) is 95.4 Å². The molecule has 1 aromatic carbocycles. The number of carbonyl (C=O) groups excluding carboxylic acids is 1. The number of carbonyl (C=O) groups is 2. The minimum absolute atomic E-state index is 0.00852. The lowest BCUT2D eigenvalue weighted by Gasteiger charge is -2.33. The Morgan fingerprint density at radius 2 is 1.79 bits per heavy atom. The third kappa shape index (κ3) is 3.68. The number of aromatic nitrogens is 2. The first-order valence-corrected chi connectivity index (χ1v) is 7.79. The van der Waals surface area contributed by atoms with Crippen LogP contribution in [0.1, 0.15) is 33.6 Å². The van der Waals surface area contributed by atoms with Gasteiger partial charge in [0.15, 0.2) is 0 Å². The van der Waals surface area contributed by atoms with Crippen molar-refractivity contribution in [3.05, 3.63) is 53.9 Å². The number of anilines is 1. The third-order valence-corrected chi connectivity index (χ3v) is 3.99. The van der Waals surface area contributed by atoms with Crippen LogP contribution in [0.25, 0.3) is 0 Å². The number of carboxylic acids is 1. The van der Waals surface area contributed by atoms with Crippen molar-refractivity contribution in [1.82, 2.24) is 15.3 Å². The monoisotopic (exact) mass is 326 g/mol. The molecule has 124 valence electrons. The third-order valence-electron chi connectivity index (χ3n) is 3.99. The average molecular weight is 326 g/mol. The molecule has 1 fully saturated rings. The van der Waals surface area contributed by atoms with Crippen molar-refractivity contribution in [2.45, 2.75) is 18.9 Å². The van der Waals surface area contributed by atoms with Gasteiger partial charge >= 0.3 is 5.97 Å². The summed E-state index contributed by atoms with van der Waals surface area (Å²) in [6.45, 7) is 1.52. The number of benzene rings is 1. The number of rotatable bonds is 4. The fourth-order valence-corrected chi connectivity index (χ4v) is 2.76. The normalized spacial score (nSPS) is 17.3. The molecule has 0 aliphatic carbocycles. The number of hydrogen-bond donors (Lipinski definition) is 2. The van der Waals surface area contributed by atoms with Gasteiger partial charge in [-0.1, -0.05) is 0 Å². The fraction of sp³-hybridized carbons (Fsp3) is 0.294. The second kappa shape index (κ2) is 7.08. The summed E-state index contributed by atoms with van der Waals surface area (Å²) in [6.07, 6.45) is 5.24. The number of hydrogen-bond acceptors (Lipinski definition) is 5. The van der Waals surface area contributed by atoms with E-state index in [0.717, 1.165) is 19.4 Å². The molecular weight excluding hydrogens is 308 g/mol. The van der Waals surface area contributed by atoms with Gasteiger partial charge in [0.05, 0.1) is 5.56 Å². The second-order valence-corrected chi connectivity index (χ2v) is 5.69. The van der Waals surface area contributed by atoms with Crippen molar-refractivity contribution in [3.8, 4) is 0 Å². The maximum Gasteiger partial charge on any atom is 0.335 e. The van der Waals surface area contributed by atoms with Gasteiger partial charge in [0.25, 0.3) is 5.91 Å². The molecule has 2 aromatic rings. The van der Waals surface area contributed by atoms with Crippen LogP contribution in [0.5, 0.6) is 0 Å². The van der Waals surface area contributed by atoms with Crippen molar-refractivity contribution in [3.63, 3.8) is 0 Å². The van der Waals surface area contributed by atoms with Crippen molar-refractivity contribution in [1.29, 1.82) is 0 Å². The van der Waals surface area contributed by atoms with Crippen molar-refractivity contribution < 1.29 is 14.7 Å². The van der Waals surface area contributed by atoms with E-state index in [4.69, 9.17) is 5.11 Å². The Hall–Kier alpha value is -2.96. The van der Waals surface area contributed by atoms with E-state index in [9.17, 15) is 9.59 Å². The summed E-state index contributed by atoms with van der Waals surface area (Å²) in [7, 11) is 0. The molecule has 1 saturated heterocycles. The SMILES string of the molecule is O=C(O)c1ccc(C(=O)N[C@@H]2CCCN(c3ncccn3)C2)cc1. The summed E-state index contributed by atoms with van der Waals surface area (Å²) >= 11 is 0. The van der Waals surface area contributed by atoms with E-state index < -0.39 is 5.97 Å². The van der Waals surface area contributed by atoms with Crippen LogP contribution >= 0.6 is 0 Å². The van der Waals surface area contributed by atoms with E-state index in [1.165, 1.54) is 24.3 Å². The predicted molar refractivity (Wildman–Crippen MR) is 88.1 cm³/mol. The maximum atomic E-state index is 12.3. The summed E-state index contributed by atoms with van der Waals surface area (Å²) in [6, 6.07) is 7.70. The highest BCUT2D eigenvalue weighted by Gasteiger charge is 2.23. The minimum atomic E-state index is -1.01. The molecule has 2 N–H and O–H groups in total. The molecule has 1 atom stereocenters. The highest BCUT2D eigenvalue weighted by atomic mass is 16.4. The van der Waals surface area contributed by atoms with Crippen LogP contribution in [0.4, 0.5) is 5.95 Å². The predicted octanol–water partition coefficient (Wildman–Crippen LogP) is 1.57. The molecule has 7 nitrogen and oxygen atoms in total. The van der Waals surface area contributed by atoms with E-state index in [1.54, 1.807) is 18.5 Å². The fourth-order valence-electron chi connectivity index (χ4n) is 2.76. The standard InChI is InChI=1S/C17H18N4O3/c22-15(12-4-6-13(7-5-12)16(23)24)20-14-3-1-10-21(11-14)17-18-8-2-9-19-17/h2,4-9,14H,1,3,10-11H2,(H,20,22)(H,23,24)/t14-/m1/s1. The Morgan fingerprint density at radius 1 is 1.12 bits per heavy atom. The first-order chi connectivity index (χ1) is 11.6. The van der Waals surface area contributed by atoms with E-state index in [2.05, 4.69) is 20.2 Å². The quantitative estimate of drug-likeness (QED) is 0.885. The molecule has 0 radical (unpaired) electrons. The van der Waals surface area contributed by atoms with E-state index in [1.807, 2.05) is 0 Å². The first kappa shape index (κ1) is 15.9. The smallest absolute Gasteiger partial charge is 0.335 e. The second-order valence-electron chi connectivity index (χ2n) is 5.69. The molecule has 1 aromatic heterocycles. The lowest BCUT2D eigenvalue weighted by atomic mass is 10.0. The number of aromatic carboxylic acids is 1. The zero-order valence-corrected chi connectivity index (χ0v) is 13.1. The van der Waals surface area contributed by atoms with Crippen LogP contribution in [0, 0.1) is 0 Å². The largest absolute Gasteiger partial charge is 0.478 e. The zero-order valence-electron chi connectivity index (χ0n) is 13.1. The molecule has 1 amide bonds. The van der Waals surface area contributed by atoms with Crippen LogP contribution < -0.4 is 10.2 Å². The summed E-state index contributed by atoms with van der Waals surface area (Å²) in [5.74, 6) is -0.539. The van der Waals surface area contributed by atoms with Gasteiger partial charge in [0.2, 0.25) is 5.95 Å². The van der Waals surface area contributed by atoms with Crippen LogP contribution in [0.2, 0.25) is 0 Å². The highest BCUT2D eigenvalue weighted by molar-refractivity contribution is 5.96. The molecule has 3 rings (SSSR count). The average Bonchev–Trinajstić information content (AvgIpc) is 2.63. The van der Waals surface area contributed by atoms with E-state index in [-0.39, 0.29) is 17.5 Å². The van der Waals surface area contributed by atoms with Crippen LogP contribution in [-0.4, -0.2) is 46.1 Å². The Balaban J connectivity index is 1.62. The van der Waals surface area contributed by atoms with Gasteiger partial charge in [0, 0.05) is 37.1 Å². The van der Waals surface area contributed by atoms with E-state index in [0.29, 0.717) is 18.1 Å². The van der Waals surface area contributed by atoms with Crippen LogP contribution in [0.3, 0.4) is 0 Å². The van der Waals surface area contributed by atoms with Gasteiger partial charge in [-0.2, -0.15) is 0 Å². The lowest BCUT2D eigenvalue weighted by Crippen LogP contribution is -2.48. The minimum Gasteiger partial charge on any atom is -0.478 e. The first-order valence-electron chi connectivity index (χ1n) is 7.79. The number of amides is 1. The van der Waals surface area contributed by atoms with Crippen LogP contribution in [-0.2, 0) is 0 Å². The molecule has 0 spiro atoms. The Labute approximate surface area is 139 Å².